The third-order valence-corrected chi connectivity index (χ3v) is 2.74. The lowest BCUT2D eigenvalue weighted by atomic mass is 10.1. The van der Waals surface area contributed by atoms with Gasteiger partial charge in [0.05, 0.1) is 0 Å². The molecule has 0 heterocycles. The number of hydrogen-bond acceptors (Lipinski definition) is 3. The molecule has 6 heteroatoms. The molecule has 116 valence electrons. The molecular weight excluding hydrogens is 260 g/mol. The fourth-order valence-electron chi connectivity index (χ4n) is 1.74. The number of amides is 2. The van der Waals surface area contributed by atoms with Gasteiger partial charge in [-0.2, -0.15) is 0 Å². The molecule has 0 aliphatic carbocycles. The molecule has 0 bridgehead atoms. The quantitative estimate of drug-likeness (QED) is 0.566. The predicted octanol–water partition coefficient (Wildman–Crippen LogP) is 1.44. The molecule has 0 aromatic carbocycles. The van der Waals surface area contributed by atoms with E-state index in [-0.39, 0.29) is 30.7 Å². The summed E-state index contributed by atoms with van der Waals surface area (Å²) in [5.74, 6) is -1.41. The molecule has 0 saturated heterocycles. The van der Waals surface area contributed by atoms with Gasteiger partial charge < -0.3 is 15.7 Å². The molecule has 0 saturated carbocycles. The molecule has 20 heavy (non-hydrogen) atoms. The van der Waals surface area contributed by atoms with Crippen LogP contribution in [0.4, 0.5) is 0 Å². The summed E-state index contributed by atoms with van der Waals surface area (Å²) in [6.45, 7) is 5.71. The van der Waals surface area contributed by atoms with Crippen molar-refractivity contribution in [3.63, 3.8) is 0 Å². The average molecular weight is 286 g/mol. The van der Waals surface area contributed by atoms with Crippen LogP contribution in [0, 0.1) is 0 Å². The Bertz CT molecular complexity index is 329. The first kappa shape index (κ1) is 18.4. The highest BCUT2D eigenvalue weighted by molar-refractivity contribution is 5.84. The Morgan fingerprint density at radius 2 is 1.55 bits per heavy atom. The maximum absolute atomic E-state index is 11.6. The Kier molecular flexibility index (Phi) is 9.41. The number of carbonyl (C=O) groups excluding carboxylic acids is 2. The summed E-state index contributed by atoms with van der Waals surface area (Å²) < 4.78 is 0. The van der Waals surface area contributed by atoms with Crippen LogP contribution in [-0.2, 0) is 14.4 Å². The number of rotatable bonds is 10. The number of carbonyl (C=O) groups is 3. The van der Waals surface area contributed by atoms with Crippen molar-refractivity contribution in [3.8, 4) is 0 Å². The van der Waals surface area contributed by atoms with E-state index in [2.05, 4.69) is 10.6 Å². The average Bonchev–Trinajstić information content (AvgIpc) is 2.33. The summed E-state index contributed by atoms with van der Waals surface area (Å²) in [5, 5.41) is 14.2. The third-order valence-electron chi connectivity index (χ3n) is 2.74. The molecule has 0 aliphatic heterocycles. The molecule has 6 nitrogen and oxygen atoms in total. The van der Waals surface area contributed by atoms with Crippen LogP contribution < -0.4 is 10.6 Å². The molecule has 0 aromatic rings. The zero-order chi connectivity index (χ0) is 15.5. The third kappa shape index (κ3) is 9.35. The maximum Gasteiger partial charge on any atom is 0.326 e. The van der Waals surface area contributed by atoms with Gasteiger partial charge in [0.1, 0.15) is 6.04 Å². The SMILES string of the molecule is CCCC[C@H](NC(=O)CCCC(=O)NC(C)C)C(=O)O. The summed E-state index contributed by atoms with van der Waals surface area (Å²) in [5.41, 5.74) is 0. The van der Waals surface area contributed by atoms with Crippen LogP contribution in [0.1, 0.15) is 59.3 Å². The van der Waals surface area contributed by atoms with E-state index < -0.39 is 12.0 Å². The number of hydrogen-bond donors (Lipinski definition) is 3. The normalized spacial score (nSPS) is 12.0. The van der Waals surface area contributed by atoms with Crippen molar-refractivity contribution in [2.75, 3.05) is 0 Å². The highest BCUT2D eigenvalue weighted by atomic mass is 16.4. The highest BCUT2D eigenvalue weighted by Crippen LogP contribution is 2.03. The van der Waals surface area contributed by atoms with Crippen LogP contribution in [0.25, 0.3) is 0 Å². The molecule has 0 aromatic heterocycles. The molecule has 0 aliphatic rings. The minimum Gasteiger partial charge on any atom is -0.480 e. The zero-order valence-corrected chi connectivity index (χ0v) is 12.6. The van der Waals surface area contributed by atoms with Gasteiger partial charge in [0.25, 0.3) is 0 Å². The standard InChI is InChI=1S/C14H26N2O4/c1-4-5-7-11(14(19)20)16-13(18)9-6-8-12(17)15-10(2)3/h10-11H,4-9H2,1-3H3,(H,15,17)(H,16,18)(H,19,20)/t11-/m0/s1. The monoisotopic (exact) mass is 286 g/mol. The molecule has 0 fully saturated rings. The van der Waals surface area contributed by atoms with Gasteiger partial charge in [0.15, 0.2) is 0 Å². The summed E-state index contributed by atoms with van der Waals surface area (Å²) in [4.78, 5) is 34.0. The number of carboxylic acid groups (broad SMARTS) is 1. The van der Waals surface area contributed by atoms with E-state index in [0.29, 0.717) is 12.8 Å². The molecule has 0 rings (SSSR count). The second-order valence-corrected chi connectivity index (χ2v) is 5.18. The smallest absolute Gasteiger partial charge is 0.326 e. The van der Waals surface area contributed by atoms with Crippen molar-refractivity contribution in [3.05, 3.63) is 0 Å². The second-order valence-electron chi connectivity index (χ2n) is 5.18. The Hall–Kier alpha value is -1.59. The number of aliphatic carboxylic acids is 1. The van der Waals surface area contributed by atoms with Gasteiger partial charge in [0, 0.05) is 18.9 Å². The Morgan fingerprint density at radius 1 is 1.00 bits per heavy atom. The van der Waals surface area contributed by atoms with Crippen LogP contribution in [-0.4, -0.2) is 35.0 Å². The molecule has 2 amide bonds. The van der Waals surface area contributed by atoms with Gasteiger partial charge in [-0.25, -0.2) is 4.79 Å². The topological polar surface area (TPSA) is 95.5 Å². The summed E-state index contributed by atoms with van der Waals surface area (Å²) in [6.07, 6.45) is 2.94. The highest BCUT2D eigenvalue weighted by Gasteiger charge is 2.18. The first-order chi connectivity index (χ1) is 9.36. The van der Waals surface area contributed by atoms with Crippen LogP contribution in [0.2, 0.25) is 0 Å². The van der Waals surface area contributed by atoms with E-state index in [0.717, 1.165) is 12.8 Å². The first-order valence-corrected chi connectivity index (χ1v) is 7.18. The van der Waals surface area contributed by atoms with Gasteiger partial charge in [-0.15, -0.1) is 0 Å². The van der Waals surface area contributed by atoms with Crippen molar-refractivity contribution >= 4 is 17.8 Å². The lowest BCUT2D eigenvalue weighted by Gasteiger charge is -2.14. The number of unbranched alkanes of at least 4 members (excludes halogenated alkanes) is 1. The van der Waals surface area contributed by atoms with Crippen molar-refractivity contribution < 1.29 is 19.5 Å². The van der Waals surface area contributed by atoms with Crippen molar-refractivity contribution in [1.82, 2.24) is 10.6 Å². The van der Waals surface area contributed by atoms with Crippen LogP contribution >= 0.6 is 0 Å². The lowest BCUT2D eigenvalue weighted by molar-refractivity contribution is -0.142. The minimum atomic E-state index is -1.01. The Morgan fingerprint density at radius 3 is 2.00 bits per heavy atom. The van der Waals surface area contributed by atoms with Crippen LogP contribution in [0.3, 0.4) is 0 Å². The van der Waals surface area contributed by atoms with Crippen molar-refractivity contribution in [2.24, 2.45) is 0 Å². The molecule has 0 spiro atoms. The predicted molar refractivity (Wildman–Crippen MR) is 76.2 cm³/mol. The summed E-state index contributed by atoms with van der Waals surface area (Å²) >= 11 is 0. The number of nitrogens with one attached hydrogen (secondary N) is 2. The van der Waals surface area contributed by atoms with Gasteiger partial charge in [-0.1, -0.05) is 19.8 Å². The van der Waals surface area contributed by atoms with E-state index in [1.165, 1.54) is 0 Å². The molecule has 1 atom stereocenters. The maximum atomic E-state index is 11.6. The van der Waals surface area contributed by atoms with Gasteiger partial charge in [-0.05, 0) is 26.7 Å². The van der Waals surface area contributed by atoms with Gasteiger partial charge in [-0.3, -0.25) is 9.59 Å². The Balaban J connectivity index is 3.96. The van der Waals surface area contributed by atoms with E-state index in [1.807, 2.05) is 20.8 Å². The fourth-order valence-corrected chi connectivity index (χ4v) is 1.74. The molecular formula is C14H26N2O4. The lowest BCUT2D eigenvalue weighted by Crippen LogP contribution is -2.40. The largest absolute Gasteiger partial charge is 0.480 e. The van der Waals surface area contributed by atoms with Gasteiger partial charge >= 0.3 is 5.97 Å². The molecule has 0 unspecified atom stereocenters. The minimum absolute atomic E-state index is 0.0850. The van der Waals surface area contributed by atoms with Crippen LogP contribution in [0.5, 0.6) is 0 Å². The second kappa shape index (κ2) is 10.2. The van der Waals surface area contributed by atoms with Crippen LogP contribution in [0.15, 0.2) is 0 Å². The van der Waals surface area contributed by atoms with E-state index in [4.69, 9.17) is 5.11 Å². The van der Waals surface area contributed by atoms with Crippen molar-refractivity contribution in [2.45, 2.75) is 71.4 Å². The number of carboxylic acids is 1. The fraction of sp³-hybridized carbons (Fsp3) is 0.786. The molecule has 3 N–H and O–H groups in total. The van der Waals surface area contributed by atoms with E-state index in [9.17, 15) is 14.4 Å². The van der Waals surface area contributed by atoms with Crippen molar-refractivity contribution in [1.29, 1.82) is 0 Å². The first-order valence-electron chi connectivity index (χ1n) is 7.18. The summed E-state index contributed by atoms with van der Waals surface area (Å²) in [6, 6.07) is -0.742. The Labute approximate surface area is 120 Å². The zero-order valence-electron chi connectivity index (χ0n) is 12.6. The van der Waals surface area contributed by atoms with Gasteiger partial charge in [0.2, 0.25) is 11.8 Å². The van der Waals surface area contributed by atoms with E-state index >= 15 is 0 Å². The summed E-state index contributed by atoms with van der Waals surface area (Å²) in [7, 11) is 0. The van der Waals surface area contributed by atoms with E-state index in [1.54, 1.807) is 0 Å². The molecule has 0 radical (unpaired) electrons.